The third kappa shape index (κ3) is 7.66. The van der Waals surface area contributed by atoms with Crippen LogP contribution in [0.1, 0.15) is 101 Å². The van der Waals surface area contributed by atoms with Crippen molar-refractivity contribution in [3.05, 3.63) is 125 Å². The van der Waals surface area contributed by atoms with Crippen LogP contribution in [0.4, 0.5) is 0 Å². The number of fused-ring (bicyclic) bond motifs is 4. The van der Waals surface area contributed by atoms with E-state index in [0.717, 1.165) is 62.1 Å². The first-order valence-corrected chi connectivity index (χ1v) is 23.9. The van der Waals surface area contributed by atoms with Crippen molar-refractivity contribution in [3.8, 4) is 17.2 Å². The van der Waals surface area contributed by atoms with E-state index in [1.165, 1.54) is 23.1 Å². The van der Waals surface area contributed by atoms with E-state index in [9.17, 15) is 24.9 Å². The number of allylic oxidation sites excluding steroid dienone is 2. The Morgan fingerprint density at radius 1 is 0.969 bits per heavy atom. The zero-order chi connectivity index (χ0) is 46.5. The van der Waals surface area contributed by atoms with Gasteiger partial charge in [0.1, 0.15) is 11.2 Å². The summed E-state index contributed by atoms with van der Waals surface area (Å²) in [4.78, 5) is 32.4. The Morgan fingerprint density at radius 2 is 1.71 bits per heavy atom. The molecule has 0 unspecified atom stereocenters. The van der Waals surface area contributed by atoms with Gasteiger partial charge in [-0.25, -0.2) is 0 Å². The molecule has 3 aromatic carbocycles. The summed E-state index contributed by atoms with van der Waals surface area (Å²) in [5, 5.41) is 32.0. The molecule has 3 N–H and O–H groups in total. The summed E-state index contributed by atoms with van der Waals surface area (Å²) in [7, 11) is 4.02. The highest BCUT2D eigenvalue weighted by molar-refractivity contribution is 5.90. The molecular formula is C55H71N3O7. The summed E-state index contributed by atoms with van der Waals surface area (Å²) in [6, 6.07) is 20.2. The fourth-order valence-electron chi connectivity index (χ4n) is 13.1. The number of carbonyl (C=O) groups is 2. The van der Waals surface area contributed by atoms with Gasteiger partial charge in [-0.3, -0.25) is 19.4 Å². The number of benzene rings is 3. The van der Waals surface area contributed by atoms with Crippen molar-refractivity contribution in [1.82, 2.24) is 14.7 Å². The lowest BCUT2D eigenvalue weighted by Crippen LogP contribution is -2.76. The lowest BCUT2D eigenvalue weighted by Gasteiger charge is -2.62. The molecule has 3 heterocycles. The third-order valence-electron chi connectivity index (χ3n) is 16.6. The number of likely N-dealkylation sites (N-methyl/N-ethyl adjacent to an activating group) is 1. The number of carbonyl (C=O) groups excluding carboxylic acids is 2. The molecule has 1 spiro atoms. The number of Topliss-reactive ketones (excluding diaryl/α,β-unsaturated/α-hetero) is 1. The first kappa shape index (κ1) is 46.8. The van der Waals surface area contributed by atoms with E-state index in [1.54, 1.807) is 6.07 Å². The normalized spacial score (nSPS) is 32.6. The Kier molecular flexibility index (Phi) is 13.1. The van der Waals surface area contributed by atoms with Gasteiger partial charge in [0, 0.05) is 49.7 Å². The number of aliphatic hydroxyl groups is 1. The number of nitrogens with zero attached hydrogens (tertiary/aromatic N) is 3. The van der Waals surface area contributed by atoms with Crippen LogP contribution < -0.4 is 4.74 Å². The van der Waals surface area contributed by atoms with Crippen LogP contribution in [-0.2, 0) is 43.4 Å². The molecule has 9 atom stereocenters. The molecule has 348 valence electrons. The van der Waals surface area contributed by atoms with E-state index in [1.807, 2.05) is 75.6 Å². The van der Waals surface area contributed by atoms with Gasteiger partial charge in [-0.1, -0.05) is 86.2 Å². The van der Waals surface area contributed by atoms with Gasteiger partial charge < -0.3 is 29.7 Å². The van der Waals surface area contributed by atoms with E-state index in [2.05, 4.69) is 73.3 Å². The van der Waals surface area contributed by atoms with E-state index >= 15 is 0 Å². The Hall–Kier alpha value is -4.74. The predicted octanol–water partition coefficient (Wildman–Crippen LogP) is 7.95. The molecule has 10 rings (SSSR count). The monoisotopic (exact) mass is 886 g/mol. The van der Waals surface area contributed by atoms with Crippen LogP contribution in [0.15, 0.2) is 97.1 Å². The Morgan fingerprint density at radius 3 is 2.42 bits per heavy atom. The van der Waals surface area contributed by atoms with Gasteiger partial charge >= 0.3 is 5.97 Å². The third-order valence-corrected chi connectivity index (χ3v) is 16.6. The fourth-order valence-corrected chi connectivity index (χ4v) is 13.1. The first-order chi connectivity index (χ1) is 31.1. The van der Waals surface area contributed by atoms with Crippen LogP contribution in [0, 0.1) is 5.92 Å². The number of phenolic OH excluding ortho intramolecular Hbond substituents is 2. The van der Waals surface area contributed by atoms with Gasteiger partial charge in [0.05, 0.1) is 17.6 Å². The maximum Gasteiger partial charge on any atom is 0.318 e. The highest BCUT2D eigenvalue weighted by atomic mass is 16.5. The maximum absolute atomic E-state index is 12.8. The Bertz CT molecular complexity index is 2340. The van der Waals surface area contributed by atoms with E-state index < -0.39 is 22.5 Å². The molecule has 10 heteroatoms. The number of hydrogen-bond donors (Lipinski definition) is 3. The highest BCUT2D eigenvalue weighted by Crippen LogP contribution is 2.64. The van der Waals surface area contributed by atoms with Gasteiger partial charge in [-0.15, -0.1) is 6.58 Å². The number of ketones is 1. The Labute approximate surface area is 386 Å². The lowest BCUT2D eigenvalue weighted by molar-refractivity contribution is -0.187. The summed E-state index contributed by atoms with van der Waals surface area (Å²) in [5.41, 5.74) is 5.12. The average molecular weight is 886 g/mol. The van der Waals surface area contributed by atoms with Gasteiger partial charge in [0.2, 0.25) is 0 Å². The molecule has 3 fully saturated rings. The van der Waals surface area contributed by atoms with Crippen molar-refractivity contribution in [2.24, 2.45) is 5.92 Å². The van der Waals surface area contributed by atoms with Crippen LogP contribution >= 0.6 is 0 Å². The fraction of sp³-hybridized carbons (Fsp3) is 0.527. The van der Waals surface area contributed by atoms with Crippen molar-refractivity contribution in [1.29, 1.82) is 0 Å². The lowest BCUT2D eigenvalue weighted by atomic mass is 9.49. The summed E-state index contributed by atoms with van der Waals surface area (Å²) in [5.74, 6) is 1.45. The second kappa shape index (κ2) is 18.2. The molecular weight excluding hydrogens is 815 g/mol. The smallest absolute Gasteiger partial charge is 0.318 e. The standard InChI is InChI=1S/C19H21NO4.C19H27NO.C17H23NO2/c1-2-8-20-9-7-18-15-11-3-4-12(21)16(15)24-17(18)13(22)5-6-19(18,23)14(20)10-11;1-13(2)7-9-20-10-8-19(4)14(3)18(20)11-15-5-6-16(21)12-17(15)19;1-4-20-16(19)17(14-10-6-5-7-11-14)13-9-8-12-15(17)18(2)3/h2-4,14,17,21,23H,1,5-10H2;5-7,12,14,18,21H,8-11H2,1-4H3;5-8,10-12,15H,4,9,13H2,1-3H3/t14-,17+,18+,19-;14-,18+,19+;15-,17+/m101/s1. The highest BCUT2D eigenvalue weighted by Gasteiger charge is 2.73. The molecule has 2 saturated heterocycles. The number of aromatic hydroxyl groups is 2. The molecule has 0 radical (unpaired) electrons. The quantitative estimate of drug-likeness (QED) is 0.152. The number of phenols is 2. The zero-order valence-electron chi connectivity index (χ0n) is 39.7. The van der Waals surface area contributed by atoms with Crippen molar-refractivity contribution in [2.75, 3.05) is 46.9 Å². The van der Waals surface area contributed by atoms with E-state index in [4.69, 9.17) is 9.47 Å². The molecule has 3 aliphatic heterocycles. The number of likely N-dealkylation sites (tertiary alicyclic amines) is 2. The van der Waals surface area contributed by atoms with Crippen LogP contribution in [0.25, 0.3) is 0 Å². The molecule has 4 bridgehead atoms. The van der Waals surface area contributed by atoms with Crippen LogP contribution in [0.5, 0.6) is 17.2 Å². The molecule has 0 aromatic heterocycles. The van der Waals surface area contributed by atoms with Gasteiger partial charge in [0.25, 0.3) is 0 Å². The number of piperidine rings is 2. The topological polar surface area (TPSA) is 123 Å². The van der Waals surface area contributed by atoms with E-state index in [0.29, 0.717) is 55.7 Å². The van der Waals surface area contributed by atoms with Crippen molar-refractivity contribution in [2.45, 2.75) is 132 Å². The van der Waals surface area contributed by atoms with Crippen molar-refractivity contribution in [3.63, 3.8) is 0 Å². The predicted molar refractivity (Wildman–Crippen MR) is 256 cm³/mol. The van der Waals surface area contributed by atoms with Gasteiger partial charge in [-0.05, 0) is 138 Å². The van der Waals surface area contributed by atoms with Crippen LogP contribution in [-0.4, -0.2) is 118 Å². The molecule has 10 nitrogen and oxygen atoms in total. The maximum atomic E-state index is 12.8. The number of esters is 1. The summed E-state index contributed by atoms with van der Waals surface area (Å²) in [6.45, 7) is 19.0. The number of ether oxygens (including phenoxy) is 2. The molecule has 3 aromatic rings. The minimum Gasteiger partial charge on any atom is -0.508 e. The second-order valence-corrected chi connectivity index (χ2v) is 20.3. The summed E-state index contributed by atoms with van der Waals surface area (Å²) >= 11 is 0. The summed E-state index contributed by atoms with van der Waals surface area (Å²) < 4.78 is 11.4. The minimum absolute atomic E-state index is 0.0256. The van der Waals surface area contributed by atoms with Gasteiger partial charge in [-0.2, -0.15) is 0 Å². The molecule has 65 heavy (non-hydrogen) atoms. The average Bonchev–Trinajstić information content (AvgIpc) is 3.66. The van der Waals surface area contributed by atoms with Crippen LogP contribution in [0.3, 0.4) is 0 Å². The van der Waals surface area contributed by atoms with E-state index in [-0.39, 0.29) is 35.0 Å². The molecule has 0 amide bonds. The van der Waals surface area contributed by atoms with Gasteiger partial charge in [0.15, 0.2) is 23.4 Å². The van der Waals surface area contributed by atoms with Crippen molar-refractivity contribution >= 4 is 11.8 Å². The number of rotatable bonds is 8. The SMILES string of the molecule is C=CCN1CC[C@]23c4c5ccc(O)c4O[C@H]2C(=O)CC[C@@]3(O)[C@H]1C5.CC(C)=CCN1CC[C@@]2(C)c3cc(O)ccc3C[C@@H]1[C@@H]2C.CCOC(=O)[C@]1(c2ccccc2)CCC=C[C@H]1N(C)C. The second-order valence-electron chi connectivity index (χ2n) is 20.3. The minimum atomic E-state index is -1.00. The first-order valence-electron chi connectivity index (χ1n) is 23.9. The summed E-state index contributed by atoms with van der Waals surface area (Å²) in [6.07, 6.45) is 14.0. The molecule has 7 aliphatic rings. The Balaban J connectivity index is 0.000000134. The van der Waals surface area contributed by atoms with Crippen LogP contribution in [0.2, 0.25) is 0 Å². The zero-order valence-corrected chi connectivity index (χ0v) is 39.7. The number of hydrogen-bond acceptors (Lipinski definition) is 10. The molecule has 4 aliphatic carbocycles. The molecule has 1 saturated carbocycles. The van der Waals surface area contributed by atoms with Crippen molar-refractivity contribution < 1.29 is 34.4 Å². The largest absolute Gasteiger partial charge is 0.508 e.